The van der Waals surface area contributed by atoms with Crippen LogP contribution in [0.25, 0.3) is 0 Å². The first-order valence-corrected chi connectivity index (χ1v) is 2.17. The number of aliphatic hydroxyl groups is 1. The molecule has 1 aliphatic rings. The van der Waals surface area contributed by atoms with Crippen LogP contribution in [0.1, 0.15) is 0 Å². The monoisotopic (exact) mass is 101 g/mol. The predicted molar refractivity (Wildman–Crippen MR) is 25.3 cm³/mol. The fraction of sp³-hybridized carbons (Fsp3) is 0.750. The highest BCUT2D eigenvalue weighted by Crippen LogP contribution is 1.95. The van der Waals surface area contributed by atoms with Gasteiger partial charge in [-0.25, -0.2) is 4.99 Å². The number of hydrogen-bond acceptors (Lipinski definition) is 3. The molecule has 0 aromatic heterocycles. The van der Waals surface area contributed by atoms with Gasteiger partial charge in [-0.3, -0.25) is 0 Å². The van der Waals surface area contributed by atoms with E-state index in [9.17, 15) is 0 Å². The molecule has 0 amide bonds. The Labute approximate surface area is 41.6 Å². The van der Waals surface area contributed by atoms with E-state index in [1.54, 1.807) is 0 Å². The van der Waals surface area contributed by atoms with E-state index in [1.165, 1.54) is 6.40 Å². The molecule has 40 valence electrons. The average Bonchev–Trinajstić information content (AvgIpc) is 2.14. The number of aliphatic imine (C=N–C) groups is 1. The number of ether oxygens (including phenoxy) is 1. The second-order valence-electron chi connectivity index (χ2n) is 1.42. The predicted octanol–water partition coefficient (Wildman–Crippen LogP) is -0.594. The lowest BCUT2D eigenvalue weighted by Crippen LogP contribution is -2.10. The van der Waals surface area contributed by atoms with Gasteiger partial charge >= 0.3 is 0 Å². The van der Waals surface area contributed by atoms with Crippen LogP contribution in [0.15, 0.2) is 4.99 Å². The minimum atomic E-state index is -0.000000000000000444. The van der Waals surface area contributed by atoms with Crippen molar-refractivity contribution < 1.29 is 9.84 Å². The molecule has 1 atom stereocenters. The minimum Gasteiger partial charge on any atom is -0.481 e. The molecule has 0 aliphatic carbocycles. The molecule has 0 saturated carbocycles. The lowest BCUT2D eigenvalue weighted by atomic mass is 10.4. The molecule has 0 spiro atoms. The molecular formula is C4H7NO2. The van der Waals surface area contributed by atoms with Crippen molar-refractivity contribution in [2.24, 2.45) is 4.99 Å². The topological polar surface area (TPSA) is 41.8 Å². The Kier molecular flexibility index (Phi) is 1.26. The van der Waals surface area contributed by atoms with Crippen molar-refractivity contribution in [1.29, 1.82) is 0 Å². The van der Waals surface area contributed by atoms with Gasteiger partial charge in [0.1, 0.15) is 12.6 Å². The molecule has 1 rings (SSSR count). The zero-order chi connectivity index (χ0) is 5.11. The van der Waals surface area contributed by atoms with E-state index in [2.05, 4.69) is 4.99 Å². The summed E-state index contributed by atoms with van der Waals surface area (Å²) >= 11 is 0. The van der Waals surface area contributed by atoms with Crippen LogP contribution in [0.2, 0.25) is 0 Å². The van der Waals surface area contributed by atoms with Crippen molar-refractivity contribution in [1.82, 2.24) is 0 Å². The van der Waals surface area contributed by atoms with Crippen molar-refractivity contribution in [2.75, 3.05) is 13.2 Å². The second-order valence-corrected chi connectivity index (χ2v) is 1.42. The van der Waals surface area contributed by atoms with Crippen molar-refractivity contribution in [3.8, 4) is 0 Å². The normalized spacial score (nSPS) is 27.9. The SMILES string of the molecule is OC[C@@H]1COC=N1. The molecular weight excluding hydrogens is 94.0 g/mol. The van der Waals surface area contributed by atoms with Crippen LogP contribution in [0.5, 0.6) is 0 Å². The molecule has 1 heterocycles. The van der Waals surface area contributed by atoms with Gasteiger partial charge in [-0.2, -0.15) is 0 Å². The number of nitrogens with zero attached hydrogens (tertiary/aromatic N) is 1. The lowest BCUT2D eigenvalue weighted by molar-refractivity contribution is 0.230. The van der Waals surface area contributed by atoms with Crippen LogP contribution in [0.3, 0.4) is 0 Å². The van der Waals surface area contributed by atoms with Gasteiger partial charge in [0, 0.05) is 0 Å². The zero-order valence-corrected chi connectivity index (χ0v) is 3.87. The highest BCUT2D eigenvalue weighted by Gasteiger charge is 2.07. The highest BCUT2D eigenvalue weighted by atomic mass is 16.5. The Bertz CT molecular complexity index is 81.8. The van der Waals surface area contributed by atoms with Gasteiger partial charge in [0.05, 0.1) is 6.61 Å². The van der Waals surface area contributed by atoms with Crippen LogP contribution in [0, 0.1) is 0 Å². The first kappa shape index (κ1) is 4.59. The number of hydrogen-bond donors (Lipinski definition) is 1. The molecule has 0 unspecified atom stereocenters. The standard InChI is InChI=1S/C4H7NO2/c6-1-4-2-7-3-5-4/h3-4,6H,1-2H2/t4-/m1/s1. The maximum absolute atomic E-state index is 8.37. The summed E-state index contributed by atoms with van der Waals surface area (Å²) < 4.78 is 4.70. The van der Waals surface area contributed by atoms with Gasteiger partial charge in [-0.15, -0.1) is 0 Å². The summed E-state index contributed by atoms with van der Waals surface area (Å²) in [4.78, 5) is 3.76. The van der Waals surface area contributed by atoms with Crippen LogP contribution in [0.4, 0.5) is 0 Å². The number of rotatable bonds is 1. The van der Waals surface area contributed by atoms with Crippen LogP contribution < -0.4 is 0 Å². The average molecular weight is 101 g/mol. The maximum atomic E-state index is 8.37. The molecule has 0 aromatic rings. The molecule has 0 aromatic carbocycles. The van der Waals surface area contributed by atoms with E-state index < -0.39 is 0 Å². The number of aliphatic hydroxyl groups excluding tert-OH is 1. The Morgan fingerprint density at radius 3 is 3.14 bits per heavy atom. The van der Waals surface area contributed by atoms with Gasteiger partial charge in [-0.1, -0.05) is 0 Å². The van der Waals surface area contributed by atoms with E-state index >= 15 is 0 Å². The summed E-state index contributed by atoms with van der Waals surface area (Å²) in [6.07, 6.45) is 1.38. The molecule has 0 fully saturated rings. The first-order valence-electron chi connectivity index (χ1n) is 2.17. The summed E-state index contributed by atoms with van der Waals surface area (Å²) in [6, 6.07) is -0.000000000000000444. The third kappa shape index (κ3) is 0.899. The minimum absolute atomic E-state index is 0.000000000000000444. The third-order valence-corrected chi connectivity index (χ3v) is 0.846. The molecule has 3 nitrogen and oxygen atoms in total. The maximum Gasteiger partial charge on any atom is 0.169 e. The molecule has 0 radical (unpaired) electrons. The summed E-state index contributed by atoms with van der Waals surface area (Å²) in [5, 5.41) is 8.37. The summed E-state index contributed by atoms with van der Waals surface area (Å²) in [7, 11) is 0. The molecule has 1 N–H and O–H groups in total. The first-order chi connectivity index (χ1) is 3.43. The fourth-order valence-electron chi connectivity index (χ4n) is 0.426. The van der Waals surface area contributed by atoms with Crippen LogP contribution in [-0.4, -0.2) is 30.8 Å². The van der Waals surface area contributed by atoms with E-state index in [-0.39, 0.29) is 12.6 Å². The molecule has 0 bridgehead atoms. The van der Waals surface area contributed by atoms with E-state index in [0.717, 1.165) is 0 Å². The Morgan fingerprint density at radius 2 is 2.86 bits per heavy atom. The molecule has 3 heteroatoms. The van der Waals surface area contributed by atoms with Gasteiger partial charge < -0.3 is 9.84 Å². The van der Waals surface area contributed by atoms with E-state index in [0.29, 0.717) is 6.61 Å². The molecule has 7 heavy (non-hydrogen) atoms. The van der Waals surface area contributed by atoms with E-state index in [1.807, 2.05) is 0 Å². The van der Waals surface area contributed by atoms with Gasteiger partial charge in [-0.05, 0) is 0 Å². The Balaban J connectivity index is 2.28. The molecule has 1 aliphatic heterocycles. The fourth-order valence-corrected chi connectivity index (χ4v) is 0.426. The lowest BCUT2D eigenvalue weighted by Gasteiger charge is -1.94. The smallest absolute Gasteiger partial charge is 0.169 e. The largest absolute Gasteiger partial charge is 0.481 e. The van der Waals surface area contributed by atoms with Gasteiger partial charge in [0.25, 0.3) is 0 Å². The van der Waals surface area contributed by atoms with Crippen molar-refractivity contribution >= 4 is 6.40 Å². The third-order valence-electron chi connectivity index (χ3n) is 0.846. The van der Waals surface area contributed by atoms with Gasteiger partial charge in [0.15, 0.2) is 6.40 Å². The Hall–Kier alpha value is -0.570. The summed E-state index contributed by atoms with van der Waals surface area (Å²) in [5.41, 5.74) is 0. The summed E-state index contributed by atoms with van der Waals surface area (Å²) in [6.45, 7) is 0.632. The van der Waals surface area contributed by atoms with Crippen LogP contribution in [-0.2, 0) is 4.74 Å². The second kappa shape index (κ2) is 1.93. The van der Waals surface area contributed by atoms with Crippen molar-refractivity contribution in [3.63, 3.8) is 0 Å². The van der Waals surface area contributed by atoms with Crippen molar-refractivity contribution in [2.45, 2.75) is 6.04 Å². The van der Waals surface area contributed by atoms with Gasteiger partial charge in [0.2, 0.25) is 0 Å². The van der Waals surface area contributed by atoms with Crippen LogP contribution >= 0.6 is 0 Å². The quantitative estimate of drug-likeness (QED) is 0.479. The van der Waals surface area contributed by atoms with Crippen molar-refractivity contribution in [3.05, 3.63) is 0 Å². The summed E-state index contributed by atoms with van der Waals surface area (Å²) in [5.74, 6) is 0. The highest BCUT2D eigenvalue weighted by molar-refractivity contribution is 5.48. The Morgan fingerprint density at radius 1 is 2.00 bits per heavy atom. The molecule has 0 saturated heterocycles. The van der Waals surface area contributed by atoms with E-state index in [4.69, 9.17) is 9.84 Å². The zero-order valence-electron chi connectivity index (χ0n) is 3.87.